The Morgan fingerprint density at radius 3 is 2.18 bits per heavy atom. The Morgan fingerprint density at radius 2 is 1.73 bits per heavy atom. The van der Waals surface area contributed by atoms with Crippen LogP contribution in [-0.4, -0.2) is 33.8 Å². The smallest absolute Gasteiger partial charge is 0.188 e. The van der Waals surface area contributed by atoms with Crippen LogP contribution in [-0.2, 0) is 6.54 Å². The highest BCUT2D eigenvalue weighted by Crippen LogP contribution is 2.34. The van der Waals surface area contributed by atoms with Gasteiger partial charge in [-0.1, -0.05) is 13.8 Å². The lowest BCUT2D eigenvalue weighted by atomic mass is 10.1. The summed E-state index contributed by atoms with van der Waals surface area (Å²) in [7, 11) is 4.81. The normalized spacial score (nSPS) is 11.5. The van der Waals surface area contributed by atoms with E-state index in [1.165, 1.54) is 0 Å². The van der Waals surface area contributed by atoms with Crippen LogP contribution in [0.1, 0.15) is 25.8 Å². The van der Waals surface area contributed by atoms with Crippen molar-refractivity contribution < 1.29 is 14.2 Å². The number of rotatable bonds is 8. The summed E-state index contributed by atoms with van der Waals surface area (Å²) in [5, 5.41) is 3.10. The SMILES string of the molecule is COc1cc(OC)c(CN=C(N)NCCC(C)C)c(OC)c1. The van der Waals surface area contributed by atoms with Gasteiger partial charge in [0.25, 0.3) is 0 Å². The van der Waals surface area contributed by atoms with Gasteiger partial charge in [0.05, 0.1) is 33.4 Å². The highest BCUT2D eigenvalue weighted by Gasteiger charge is 2.12. The van der Waals surface area contributed by atoms with E-state index in [-0.39, 0.29) is 0 Å². The van der Waals surface area contributed by atoms with Crippen molar-refractivity contribution in [2.24, 2.45) is 16.6 Å². The molecule has 124 valence electrons. The summed E-state index contributed by atoms with van der Waals surface area (Å²) >= 11 is 0. The number of guanidine groups is 1. The molecule has 0 amide bonds. The molecule has 0 radical (unpaired) electrons. The van der Waals surface area contributed by atoms with Gasteiger partial charge in [-0.05, 0) is 12.3 Å². The van der Waals surface area contributed by atoms with E-state index in [2.05, 4.69) is 24.2 Å². The maximum absolute atomic E-state index is 5.88. The second-order valence-electron chi connectivity index (χ2n) is 5.32. The van der Waals surface area contributed by atoms with Crippen LogP contribution < -0.4 is 25.3 Å². The van der Waals surface area contributed by atoms with E-state index >= 15 is 0 Å². The van der Waals surface area contributed by atoms with Crippen LogP contribution in [0.25, 0.3) is 0 Å². The first-order valence-corrected chi connectivity index (χ1v) is 7.34. The lowest BCUT2D eigenvalue weighted by Gasteiger charge is -2.14. The van der Waals surface area contributed by atoms with Gasteiger partial charge >= 0.3 is 0 Å². The van der Waals surface area contributed by atoms with Gasteiger partial charge in [-0.3, -0.25) is 0 Å². The Kier molecular flexibility index (Phi) is 7.36. The first-order chi connectivity index (χ1) is 10.5. The molecular weight excluding hydrogens is 282 g/mol. The number of nitrogens with one attached hydrogen (secondary N) is 1. The molecule has 0 aliphatic carbocycles. The predicted octanol–water partition coefficient (Wildman–Crippen LogP) is 2.16. The molecule has 1 rings (SSSR count). The fourth-order valence-corrected chi connectivity index (χ4v) is 1.94. The van der Waals surface area contributed by atoms with E-state index in [0.29, 0.717) is 35.7 Å². The topological polar surface area (TPSA) is 78.1 Å². The summed E-state index contributed by atoms with van der Waals surface area (Å²) in [4.78, 5) is 4.35. The van der Waals surface area contributed by atoms with Gasteiger partial charge in [-0.15, -0.1) is 0 Å². The minimum absolute atomic E-state index is 0.372. The van der Waals surface area contributed by atoms with Gasteiger partial charge in [0.1, 0.15) is 17.2 Å². The average Bonchev–Trinajstić information content (AvgIpc) is 2.51. The van der Waals surface area contributed by atoms with E-state index in [9.17, 15) is 0 Å². The van der Waals surface area contributed by atoms with E-state index in [4.69, 9.17) is 19.9 Å². The number of nitrogens with zero attached hydrogens (tertiary/aromatic N) is 1. The first kappa shape index (κ1) is 17.9. The molecule has 0 bridgehead atoms. The van der Waals surface area contributed by atoms with Crippen molar-refractivity contribution in [3.63, 3.8) is 0 Å². The monoisotopic (exact) mass is 309 g/mol. The maximum Gasteiger partial charge on any atom is 0.188 e. The van der Waals surface area contributed by atoms with Gasteiger partial charge in [0.15, 0.2) is 5.96 Å². The number of nitrogens with two attached hydrogens (primary N) is 1. The van der Waals surface area contributed by atoms with Crippen molar-refractivity contribution in [2.45, 2.75) is 26.8 Å². The molecular formula is C16H27N3O3. The fraction of sp³-hybridized carbons (Fsp3) is 0.562. The molecule has 0 aliphatic heterocycles. The number of benzene rings is 1. The van der Waals surface area contributed by atoms with Crippen molar-refractivity contribution in [1.29, 1.82) is 0 Å². The fourth-order valence-electron chi connectivity index (χ4n) is 1.94. The van der Waals surface area contributed by atoms with Crippen molar-refractivity contribution in [2.75, 3.05) is 27.9 Å². The third-order valence-electron chi connectivity index (χ3n) is 3.25. The highest BCUT2D eigenvalue weighted by molar-refractivity contribution is 5.77. The van der Waals surface area contributed by atoms with Crippen molar-refractivity contribution in [3.8, 4) is 17.2 Å². The number of methoxy groups -OCH3 is 3. The lowest BCUT2D eigenvalue weighted by molar-refractivity contribution is 0.369. The van der Waals surface area contributed by atoms with Crippen LogP contribution in [0, 0.1) is 5.92 Å². The maximum atomic E-state index is 5.88. The summed E-state index contributed by atoms with van der Waals surface area (Å²) in [6, 6.07) is 3.60. The van der Waals surface area contributed by atoms with Gasteiger partial charge < -0.3 is 25.3 Å². The zero-order valence-electron chi connectivity index (χ0n) is 14.1. The van der Waals surface area contributed by atoms with Crippen molar-refractivity contribution >= 4 is 5.96 Å². The third kappa shape index (κ3) is 5.35. The molecule has 0 aliphatic rings. The molecule has 22 heavy (non-hydrogen) atoms. The summed E-state index contributed by atoms with van der Waals surface area (Å²) in [5.41, 5.74) is 6.71. The Morgan fingerprint density at radius 1 is 1.14 bits per heavy atom. The average molecular weight is 309 g/mol. The van der Waals surface area contributed by atoms with Gasteiger partial charge in [0, 0.05) is 18.7 Å². The first-order valence-electron chi connectivity index (χ1n) is 7.34. The molecule has 0 spiro atoms. The van der Waals surface area contributed by atoms with Crippen molar-refractivity contribution in [1.82, 2.24) is 5.32 Å². The quantitative estimate of drug-likeness (QED) is 0.568. The molecule has 6 heteroatoms. The molecule has 1 aromatic carbocycles. The Bertz CT molecular complexity index is 476. The molecule has 3 N–H and O–H groups in total. The van der Waals surface area contributed by atoms with E-state index in [1.54, 1.807) is 33.5 Å². The Hall–Kier alpha value is -2.11. The lowest BCUT2D eigenvalue weighted by Crippen LogP contribution is -2.32. The summed E-state index contributed by atoms with van der Waals surface area (Å²) in [6.45, 7) is 5.52. The number of hydrogen-bond acceptors (Lipinski definition) is 4. The van der Waals surface area contributed by atoms with E-state index in [0.717, 1.165) is 18.5 Å². The second-order valence-corrected chi connectivity index (χ2v) is 5.32. The number of hydrogen-bond donors (Lipinski definition) is 2. The summed E-state index contributed by atoms with van der Waals surface area (Å²) in [5.74, 6) is 3.04. The second kappa shape index (κ2) is 9.02. The minimum atomic E-state index is 0.372. The molecule has 0 saturated carbocycles. The number of ether oxygens (including phenoxy) is 3. The molecule has 1 aromatic rings. The third-order valence-corrected chi connectivity index (χ3v) is 3.25. The number of aliphatic imine (C=N–C) groups is 1. The van der Waals surface area contributed by atoms with Gasteiger partial charge in [-0.25, -0.2) is 4.99 Å². The Labute approximate surface area is 132 Å². The standard InChI is InChI=1S/C16H27N3O3/c1-11(2)6-7-18-16(17)19-10-13-14(21-4)8-12(20-3)9-15(13)22-5/h8-9,11H,6-7,10H2,1-5H3,(H3,17,18,19). The molecule has 0 aromatic heterocycles. The molecule has 0 unspecified atom stereocenters. The minimum Gasteiger partial charge on any atom is -0.496 e. The van der Waals surface area contributed by atoms with E-state index < -0.39 is 0 Å². The highest BCUT2D eigenvalue weighted by atomic mass is 16.5. The summed E-state index contributed by atoms with van der Waals surface area (Å²) < 4.78 is 16.0. The summed E-state index contributed by atoms with van der Waals surface area (Å²) in [6.07, 6.45) is 1.05. The molecule has 0 fully saturated rings. The van der Waals surface area contributed by atoms with Crippen LogP contribution in [0.15, 0.2) is 17.1 Å². The zero-order chi connectivity index (χ0) is 16.5. The van der Waals surface area contributed by atoms with Crippen LogP contribution in [0.3, 0.4) is 0 Å². The van der Waals surface area contributed by atoms with Gasteiger partial charge in [0.2, 0.25) is 0 Å². The molecule has 6 nitrogen and oxygen atoms in total. The van der Waals surface area contributed by atoms with Crippen LogP contribution in [0.2, 0.25) is 0 Å². The van der Waals surface area contributed by atoms with Crippen LogP contribution in [0.5, 0.6) is 17.2 Å². The molecule has 0 saturated heterocycles. The van der Waals surface area contributed by atoms with E-state index in [1.807, 2.05) is 0 Å². The zero-order valence-corrected chi connectivity index (χ0v) is 14.1. The van der Waals surface area contributed by atoms with Gasteiger partial charge in [-0.2, -0.15) is 0 Å². The predicted molar refractivity (Wildman–Crippen MR) is 88.9 cm³/mol. The van der Waals surface area contributed by atoms with Crippen molar-refractivity contribution in [3.05, 3.63) is 17.7 Å². The van der Waals surface area contributed by atoms with Crippen LogP contribution >= 0.6 is 0 Å². The molecule has 0 atom stereocenters. The molecule has 0 heterocycles. The Balaban J connectivity index is 2.83. The largest absolute Gasteiger partial charge is 0.496 e. The van der Waals surface area contributed by atoms with Crippen LogP contribution in [0.4, 0.5) is 0 Å².